The standard InChI is InChI=1S/C25H29FN4O2/c1-14(24(31)29-19(11-27)8-17-9-21(17)29)12-28-13-20-10-22(28)25(32)30(20)23(15-2-3-15)16-4-6-18(26)7-5-16/h4-7,14-15,17,19-23H,2-3,8-10,12-13H2,1H3/t14-,17+,19-,20-,21?,22-,23-/m0/s1. The average molecular weight is 437 g/mol. The zero-order valence-corrected chi connectivity index (χ0v) is 18.4. The first kappa shape index (κ1) is 20.2. The Hall–Kier alpha value is -2.46. The summed E-state index contributed by atoms with van der Waals surface area (Å²) in [5, 5.41) is 9.43. The van der Waals surface area contributed by atoms with Gasteiger partial charge in [-0.05, 0) is 61.6 Å². The Morgan fingerprint density at radius 3 is 2.62 bits per heavy atom. The number of fused-ring (bicyclic) bond motifs is 3. The van der Waals surface area contributed by atoms with Crippen LogP contribution in [0.5, 0.6) is 0 Å². The molecule has 7 atom stereocenters. The summed E-state index contributed by atoms with van der Waals surface area (Å²) >= 11 is 0. The van der Waals surface area contributed by atoms with E-state index < -0.39 is 0 Å². The Bertz CT molecular complexity index is 987. The first-order valence-electron chi connectivity index (χ1n) is 12.0. The molecular weight excluding hydrogens is 407 g/mol. The van der Waals surface area contributed by atoms with E-state index in [9.17, 15) is 19.2 Å². The molecule has 6 rings (SSSR count). The molecule has 3 aliphatic heterocycles. The second-order valence-electron chi connectivity index (χ2n) is 10.5. The van der Waals surface area contributed by atoms with E-state index in [0.717, 1.165) is 44.2 Å². The number of nitrogens with zero attached hydrogens (tertiary/aromatic N) is 4. The fraction of sp³-hybridized carbons (Fsp3) is 0.640. The van der Waals surface area contributed by atoms with E-state index in [-0.39, 0.29) is 53.8 Å². The van der Waals surface area contributed by atoms with Crippen LogP contribution >= 0.6 is 0 Å². The molecule has 168 valence electrons. The molecule has 3 heterocycles. The third-order valence-electron chi connectivity index (χ3n) is 8.33. The van der Waals surface area contributed by atoms with Crippen molar-refractivity contribution in [2.45, 2.75) is 69.2 Å². The number of benzene rings is 1. The van der Waals surface area contributed by atoms with Crippen molar-refractivity contribution in [2.75, 3.05) is 13.1 Å². The van der Waals surface area contributed by atoms with Gasteiger partial charge in [-0.25, -0.2) is 4.39 Å². The van der Waals surface area contributed by atoms with Gasteiger partial charge in [-0.1, -0.05) is 19.1 Å². The Labute approximate surface area is 187 Å². The van der Waals surface area contributed by atoms with Gasteiger partial charge in [-0.15, -0.1) is 0 Å². The summed E-state index contributed by atoms with van der Waals surface area (Å²) in [6, 6.07) is 8.91. The predicted molar refractivity (Wildman–Crippen MR) is 114 cm³/mol. The highest BCUT2D eigenvalue weighted by Gasteiger charge is 2.56. The number of likely N-dealkylation sites (tertiary alicyclic amines) is 3. The van der Waals surface area contributed by atoms with E-state index in [0.29, 0.717) is 18.4 Å². The molecule has 2 saturated carbocycles. The minimum absolute atomic E-state index is 0.0343. The average Bonchev–Trinajstić information content (AvgIpc) is 3.67. The lowest BCUT2D eigenvalue weighted by atomic mass is 9.99. The normalized spacial score (nSPS) is 35.0. The number of piperazine rings is 1. The number of carbonyl (C=O) groups excluding carboxylic acids is 2. The number of halogens is 1. The number of hydrogen-bond donors (Lipinski definition) is 0. The van der Waals surface area contributed by atoms with Gasteiger partial charge in [-0.2, -0.15) is 5.26 Å². The number of hydrogen-bond acceptors (Lipinski definition) is 4. The summed E-state index contributed by atoms with van der Waals surface area (Å²) in [6.07, 6.45) is 4.87. The van der Waals surface area contributed by atoms with Crippen LogP contribution in [-0.2, 0) is 9.59 Å². The Morgan fingerprint density at radius 2 is 1.97 bits per heavy atom. The Morgan fingerprint density at radius 1 is 1.22 bits per heavy atom. The fourth-order valence-corrected chi connectivity index (χ4v) is 6.56. The highest BCUT2D eigenvalue weighted by molar-refractivity contribution is 5.86. The molecule has 2 aliphatic carbocycles. The van der Waals surface area contributed by atoms with Crippen LogP contribution in [0.4, 0.5) is 4.39 Å². The maximum Gasteiger partial charge on any atom is 0.240 e. The molecule has 2 bridgehead atoms. The molecule has 7 heteroatoms. The summed E-state index contributed by atoms with van der Waals surface area (Å²) in [5.41, 5.74) is 1.03. The van der Waals surface area contributed by atoms with Crippen molar-refractivity contribution in [2.24, 2.45) is 17.8 Å². The molecule has 1 aromatic rings. The van der Waals surface area contributed by atoms with E-state index in [4.69, 9.17) is 0 Å². The molecule has 2 amide bonds. The van der Waals surface area contributed by atoms with Crippen LogP contribution in [-0.4, -0.2) is 63.8 Å². The van der Waals surface area contributed by atoms with Crippen LogP contribution in [0.3, 0.4) is 0 Å². The van der Waals surface area contributed by atoms with Crippen molar-refractivity contribution < 1.29 is 14.0 Å². The van der Waals surface area contributed by atoms with Crippen molar-refractivity contribution >= 4 is 11.8 Å². The van der Waals surface area contributed by atoms with Gasteiger partial charge in [-0.3, -0.25) is 14.5 Å². The van der Waals surface area contributed by atoms with Gasteiger partial charge in [0.15, 0.2) is 0 Å². The van der Waals surface area contributed by atoms with Gasteiger partial charge in [0.05, 0.1) is 18.2 Å². The van der Waals surface area contributed by atoms with Crippen LogP contribution in [0.25, 0.3) is 0 Å². The largest absolute Gasteiger partial charge is 0.330 e. The molecule has 3 saturated heterocycles. The van der Waals surface area contributed by atoms with Gasteiger partial charge < -0.3 is 9.80 Å². The number of nitriles is 1. The predicted octanol–water partition coefficient (Wildman–Crippen LogP) is 2.71. The molecule has 0 N–H and O–H groups in total. The van der Waals surface area contributed by atoms with Crippen molar-refractivity contribution in [1.82, 2.24) is 14.7 Å². The van der Waals surface area contributed by atoms with Gasteiger partial charge >= 0.3 is 0 Å². The van der Waals surface area contributed by atoms with Gasteiger partial charge in [0.2, 0.25) is 11.8 Å². The Balaban J connectivity index is 1.14. The number of amides is 2. The summed E-state index contributed by atoms with van der Waals surface area (Å²) in [4.78, 5) is 32.6. The maximum absolute atomic E-state index is 13.5. The highest BCUT2D eigenvalue weighted by atomic mass is 19.1. The second-order valence-corrected chi connectivity index (χ2v) is 10.5. The molecule has 6 nitrogen and oxygen atoms in total. The summed E-state index contributed by atoms with van der Waals surface area (Å²) in [7, 11) is 0. The van der Waals surface area contributed by atoms with Crippen LogP contribution in [0.15, 0.2) is 24.3 Å². The van der Waals surface area contributed by atoms with Crippen LogP contribution in [0, 0.1) is 34.9 Å². The van der Waals surface area contributed by atoms with E-state index >= 15 is 0 Å². The van der Waals surface area contributed by atoms with Crippen LogP contribution in [0.2, 0.25) is 0 Å². The maximum atomic E-state index is 13.5. The van der Waals surface area contributed by atoms with Crippen LogP contribution in [0.1, 0.15) is 50.6 Å². The lowest BCUT2D eigenvalue weighted by Crippen LogP contribution is -2.54. The van der Waals surface area contributed by atoms with Crippen molar-refractivity contribution in [3.8, 4) is 6.07 Å². The van der Waals surface area contributed by atoms with Crippen molar-refractivity contribution in [3.63, 3.8) is 0 Å². The molecule has 0 radical (unpaired) electrons. The van der Waals surface area contributed by atoms with E-state index in [1.54, 1.807) is 0 Å². The summed E-state index contributed by atoms with van der Waals surface area (Å²) in [6.45, 7) is 3.29. The number of rotatable bonds is 6. The topological polar surface area (TPSA) is 67.7 Å². The number of carbonyl (C=O) groups is 2. The fourth-order valence-electron chi connectivity index (χ4n) is 6.56. The molecule has 1 aromatic carbocycles. The zero-order chi connectivity index (χ0) is 22.1. The SMILES string of the molecule is C[C@@H](CN1C[C@@H]2C[C@H]1C(=O)N2[C@H](c1ccc(F)cc1)C1CC1)C(=O)N1C2C[C@H]2C[C@H]1C#N. The minimum atomic E-state index is -0.282. The van der Waals surface area contributed by atoms with E-state index in [1.165, 1.54) is 12.1 Å². The minimum Gasteiger partial charge on any atom is -0.330 e. The monoisotopic (exact) mass is 436 g/mol. The lowest BCUT2D eigenvalue weighted by Gasteiger charge is -2.40. The van der Waals surface area contributed by atoms with Gasteiger partial charge in [0.25, 0.3) is 0 Å². The molecule has 32 heavy (non-hydrogen) atoms. The summed E-state index contributed by atoms with van der Waals surface area (Å²) in [5.74, 6) is 0.719. The number of piperidine rings is 1. The highest BCUT2D eigenvalue weighted by Crippen LogP contribution is 2.50. The summed E-state index contributed by atoms with van der Waals surface area (Å²) < 4.78 is 13.5. The van der Waals surface area contributed by atoms with Gasteiger partial charge in [0, 0.05) is 31.1 Å². The quantitative estimate of drug-likeness (QED) is 0.688. The van der Waals surface area contributed by atoms with Crippen molar-refractivity contribution in [1.29, 1.82) is 5.26 Å². The second kappa shape index (κ2) is 7.28. The van der Waals surface area contributed by atoms with E-state index in [1.807, 2.05) is 24.0 Å². The van der Waals surface area contributed by atoms with Crippen molar-refractivity contribution in [3.05, 3.63) is 35.6 Å². The molecule has 5 aliphatic rings. The van der Waals surface area contributed by atoms with E-state index in [2.05, 4.69) is 15.9 Å². The van der Waals surface area contributed by atoms with Gasteiger partial charge in [0.1, 0.15) is 11.9 Å². The smallest absolute Gasteiger partial charge is 0.240 e. The molecule has 0 spiro atoms. The third-order valence-corrected chi connectivity index (χ3v) is 8.33. The molecular formula is C25H29FN4O2. The zero-order valence-electron chi connectivity index (χ0n) is 18.4. The lowest BCUT2D eigenvalue weighted by molar-refractivity contribution is -0.143. The third kappa shape index (κ3) is 3.14. The first-order valence-corrected chi connectivity index (χ1v) is 12.0. The van der Waals surface area contributed by atoms with Crippen LogP contribution < -0.4 is 0 Å². The molecule has 5 fully saturated rings. The molecule has 0 aromatic heterocycles. The first-order chi connectivity index (χ1) is 15.5. The molecule has 1 unspecified atom stereocenters. The Kier molecular flexibility index (Phi) is 4.59.